The molecule has 2 aromatic carbocycles. The fraction of sp³-hybridized carbons (Fsp3) is 0.200. The number of carbonyl (C=O) groups excluding carboxylic acids is 1. The van der Waals surface area contributed by atoms with Gasteiger partial charge in [0.15, 0.2) is 11.5 Å². The Morgan fingerprint density at radius 1 is 1.04 bits per heavy atom. The van der Waals surface area contributed by atoms with Crippen LogP contribution in [0, 0.1) is 13.8 Å². The van der Waals surface area contributed by atoms with Crippen LogP contribution in [0.1, 0.15) is 21.5 Å². The maximum absolute atomic E-state index is 12.6. The van der Waals surface area contributed by atoms with Crippen molar-refractivity contribution in [2.75, 3.05) is 18.5 Å². The maximum Gasteiger partial charge on any atom is 0.261 e. The minimum atomic E-state index is -0.469. The quantitative estimate of drug-likeness (QED) is 0.744. The highest BCUT2D eigenvalue weighted by Crippen LogP contribution is 2.32. The van der Waals surface area contributed by atoms with Crippen LogP contribution in [0.2, 0.25) is 0 Å². The molecule has 0 fully saturated rings. The number of amides is 1. The third-order valence-corrected chi connectivity index (χ3v) is 4.34. The zero-order chi connectivity index (χ0) is 18.3. The average Bonchev–Trinajstić information content (AvgIpc) is 2.61. The number of carbonyl (C=O) groups is 1. The molecule has 26 heavy (non-hydrogen) atoms. The average molecular weight is 350 g/mol. The van der Waals surface area contributed by atoms with Crippen molar-refractivity contribution in [2.24, 2.45) is 0 Å². The van der Waals surface area contributed by atoms with Gasteiger partial charge in [-0.15, -0.1) is 0 Å². The molecule has 0 radical (unpaired) electrons. The molecule has 0 saturated carbocycles. The number of fused-ring (bicyclic) bond motifs is 2. The number of hydrogen-bond donors (Lipinski definition) is 2. The van der Waals surface area contributed by atoms with Crippen LogP contribution in [0.3, 0.4) is 0 Å². The van der Waals surface area contributed by atoms with Crippen LogP contribution in [-0.2, 0) is 0 Å². The van der Waals surface area contributed by atoms with Crippen molar-refractivity contribution in [3.63, 3.8) is 0 Å². The fourth-order valence-electron chi connectivity index (χ4n) is 3.18. The van der Waals surface area contributed by atoms with Gasteiger partial charge in [0.1, 0.15) is 18.8 Å². The number of H-pyrrole nitrogens is 1. The molecule has 132 valence electrons. The topological polar surface area (TPSA) is 80.4 Å². The number of aromatic amines is 1. The molecular weight excluding hydrogens is 332 g/mol. The normalized spacial score (nSPS) is 12.8. The van der Waals surface area contributed by atoms with Crippen LogP contribution < -0.4 is 20.3 Å². The number of rotatable bonds is 2. The van der Waals surface area contributed by atoms with Crippen LogP contribution in [-0.4, -0.2) is 24.1 Å². The Morgan fingerprint density at radius 2 is 1.81 bits per heavy atom. The number of nitrogens with one attached hydrogen (secondary N) is 2. The molecule has 6 heteroatoms. The van der Waals surface area contributed by atoms with E-state index in [2.05, 4.69) is 10.3 Å². The first-order valence-corrected chi connectivity index (χ1v) is 8.36. The van der Waals surface area contributed by atoms with Crippen molar-refractivity contribution < 1.29 is 14.3 Å². The number of aryl methyl sites for hydroxylation is 2. The Bertz CT molecular complexity index is 1090. The lowest BCUT2D eigenvalue weighted by Crippen LogP contribution is -2.23. The summed E-state index contributed by atoms with van der Waals surface area (Å²) in [6.07, 6.45) is 0. The van der Waals surface area contributed by atoms with Crippen molar-refractivity contribution >= 4 is 22.5 Å². The summed E-state index contributed by atoms with van der Waals surface area (Å²) in [6.45, 7) is 4.88. The van der Waals surface area contributed by atoms with E-state index in [-0.39, 0.29) is 5.56 Å². The van der Waals surface area contributed by atoms with Gasteiger partial charge in [-0.3, -0.25) is 9.59 Å². The second kappa shape index (κ2) is 6.22. The van der Waals surface area contributed by atoms with Gasteiger partial charge in [-0.2, -0.15) is 0 Å². The zero-order valence-electron chi connectivity index (χ0n) is 14.5. The molecule has 1 aromatic heterocycles. The highest BCUT2D eigenvalue weighted by molar-refractivity contribution is 6.06. The number of ether oxygens (including phenoxy) is 2. The first-order valence-electron chi connectivity index (χ1n) is 8.36. The van der Waals surface area contributed by atoms with Gasteiger partial charge in [0, 0.05) is 11.8 Å². The first-order chi connectivity index (χ1) is 12.5. The summed E-state index contributed by atoms with van der Waals surface area (Å²) < 4.78 is 11.0. The standard InChI is InChI=1S/C20H18N2O4/c1-11-7-12(2)18-13(8-11)9-15(20(24)22-18)19(23)21-14-3-4-16-17(10-14)26-6-5-25-16/h3-4,7-10H,5-6H2,1-2H3,(H,21,23)(H,22,24). The highest BCUT2D eigenvalue weighted by Gasteiger charge is 2.16. The zero-order valence-corrected chi connectivity index (χ0v) is 14.5. The number of hydrogen-bond acceptors (Lipinski definition) is 4. The number of anilines is 1. The summed E-state index contributed by atoms with van der Waals surface area (Å²) in [5, 5.41) is 3.58. The van der Waals surface area contributed by atoms with Crippen LogP contribution in [0.15, 0.2) is 41.2 Å². The van der Waals surface area contributed by atoms with E-state index >= 15 is 0 Å². The van der Waals surface area contributed by atoms with Crippen LogP contribution in [0.5, 0.6) is 11.5 Å². The van der Waals surface area contributed by atoms with Gasteiger partial charge in [0.2, 0.25) is 0 Å². The van der Waals surface area contributed by atoms with E-state index in [9.17, 15) is 9.59 Å². The highest BCUT2D eigenvalue weighted by atomic mass is 16.6. The lowest BCUT2D eigenvalue weighted by atomic mass is 10.1. The van der Waals surface area contributed by atoms with Crippen molar-refractivity contribution in [1.29, 1.82) is 0 Å². The fourth-order valence-corrected chi connectivity index (χ4v) is 3.18. The van der Waals surface area contributed by atoms with E-state index in [0.717, 1.165) is 22.0 Å². The van der Waals surface area contributed by atoms with Gasteiger partial charge in [-0.05, 0) is 49.1 Å². The molecule has 0 atom stereocenters. The van der Waals surface area contributed by atoms with Crippen molar-refractivity contribution in [2.45, 2.75) is 13.8 Å². The molecule has 1 aliphatic rings. The molecule has 6 nitrogen and oxygen atoms in total. The Morgan fingerprint density at radius 3 is 2.62 bits per heavy atom. The summed E-state index contributed by atoms with van der Waals surface area (Å²) in [4.78, 5) is 27.8. The molecule has 1 aliphatic heterocycles. The van der Waals surface area contributed by atoms with Gasteiger partial charge >= 0.3 is 0 Å². The molecular formula is C20H18N2O4. The number of pyridine rings is 1. The Hall–Kier alpha value is -3.28. The molecule has 0 spiro atoms. The van der Waals surface area contributed by atoms with E-state index < -0.39 is 11.5 Å². The summed E-state index contributed by atoms with van der Waals surface area (Å²) in [6, 6.07) is 10.7. The second-order valence-electron chi connectivity index (χ2n) is 6.37. The molecule has 0 unspecified atom stereocenters. The predicted molar refractivity (Wildman–Crippen MR) is 99.4 cm³/mol. The van der Waals surface area contributed by atoms with Gasteiger partial charge in [-0.1, -0.05) is 11.6 Å². The molecule has 0 saturated heterocycles. The lowest BCUT2D eigenvalue weighted by molar-refractivity contribution is 0.102. The molecule has 2 N–H and O–H groups in total. The summed E-state index contributed by atoms with van der Waals surface area (Å²) >= 11 is 0. The largest absolute Gasteiger partial charge is 0.486 e. The third-order valence-electron chi connectivity index (χ3n) is 4.34. The lowest BCUT2D eigenvalue weighted by Gasteiger charge is -2.19. The molecule has 1 amide bonds. The number of benzene rings is 2. The number of aromatic nitrogens is 1. The van der Waals surface area contributed by atoms with Crippen LogP contribution in [0.4, 0.5) is 5.69 Å². The summed E-state index contributed by atoms with van der Waals surface area (Å²) in [5.74, 6) is 0.750. The molecule has 0 bridgehead atoms. The predicted octanol–water partition coefficient (Wildman–Crippen LogP) is 3.17. The monoisotopic (exact) mass is 350 g/mol. The van der Waals surface area contributed by atoms with E-state index in [0.29, 0.717) is 30.4 Å². The van der Waals surface area contributed by atoms with Gasteiger partial charge in [0.25, 0.3) is 11.5 Å². The maximum atomic E-state index is 12.6. The van der Waals surface area contributed by atoms with Crippen molar-refractivity contribution in [3.05, 3.63) is 63.4 Å². The first kappa shape index (κ1) is 16.2. The Labute approximate surface area is 149 Å². The van der Waals surface area contributed by atoms with Gasteiger partial charge in [-0.25, -0.2) is 0 Å². The molecule has 0 aliphatic carbocycles. The van der Waals surface area contributed by atoms with Crippen LogP contribution >= 0.6 is 0 Å². The van der Waals surface area contributed by atoms with Gasteiger partial charge < -0.3 is 19.8 Å². The molecule has 4 rings (SSSR count). The van der Waals surface area contributed by atoms with Crippen molar-refractivity contribution in [3.8, 4) is 11.5 Å². The summed E-state index contributed by atoms with van der Waals surface area (Å²) in [5.41, 5.74) is 2.98. The Kier molecular flexibility index (Phi) is 3.88. The SMILES string of the molecule is Cc1cc(C)c2[nH]c(=O)c(C(=O)Nc3ccc4c(c3)OCCO4)cc2c1. The van der Waals surface area contributed by atoms with E-state index in [4.69, 9.17) is 9.47 Å². The molecule has 2 heterocycles. The smallest absolute Gasteiger partial charge is 0.261 e. The minimum absolute atomic E-state index is 0.0670. The van der Waals surface area contributed by atoms with Crippen molar-refractivity contribution in [1.82, 2.24) is 4.98 Å². The Balaban J connectivity index is 1.68. The van der Waals surface area contributed by atoms with E-state index in [1.807, 2.05) is 26.0 Å². The minimum Gasteiger partial charge on any atom is -0.486 e. The molecule has 3 aromatic rings. The summed E-state index contributed by atoms with van der Waals surface area (Å²) in [7, 11) is 0. The third kappa shape index (κ3) is 2.90. The van der Waals surface area contributed by atoms with E-state index in [1.54, 1.807) is 24.3 Å². The second-order valence-corrected chi connectivity index (χ2v) is 6.37. The van der Waals surface area contributed by atoms with E-state index in [1.165, 1.54) is 0 Å². The van der Waals surface area contributed by atoms with Crippen LogP contribution in [0.25, 0.3) is 10.9 Å². The van der Waals surface area contributed by atoms with Gasteiger partial charge in [0.05, 0.1) is 5.52 Å².